The van der Waals surface area contributed by atoms with Gasteiger partial charge in [-0.2, -0.15) is 10.1 Å². The number of anilines is 1. The molecular formula is C28H39ClN6O. The van der Waals surface area contributed by atoms with E-state index in [9.17, 15) is 0 Å². The summed E-state index contributed by atoms with van der Waals surface area (Å²) in [6, 6.07) is 16.0. The van der Waals surface area contributed by atoms with Crippen LogP contribution < -0.4 is 11.1 Å². The molecule has 0 spiro atoms. The summed E-state index contributed by atoms with van der Waals surface area (Å²) >= 11 is 6.06. The molecule has 0 aliphatic carbocycles. The second-order valence-corrected chi connectivity index (χ2v) is 8.47. The third-order valence-electron chi connectivity index (χ3n) is 5.44. The lowest BCUT2D eigenvalue weighted by atomic mass is 9.93. The zero-order chi connectivity index (χ0) is 26.3. The molecule has 7 nitrogen and oxygen atoms in total. The van der Waals surface area contributed by atoms with Crippen LogP contribution in [0.25, 0.3) is 11.1 Å². The fourth-order valence-corrected chi connectivity index (χ4v) is 3.87. The van der Waals surface area contributed by atoms with Gasteiger partial charge in [-0.05, 0) is 55.2 Å². The maximum Gasteiger partial charge on any atom is 0.199 e. The van der Waals surface area contributed by atoms with Crippen LogP contribution in [-0.2, 0) is 11.3 Å². The normalized spacial score (nSPS) is 15.4. The molecule has 1 aromatic heterocycles. The summed E-state index contributed by atoms with van der Waals surface area (Å²) in [5, 5.41) is 8.25. The molecule has 0 bridgehead atoms. The van der Waals surface area contributed by atoms with Gasteiger partial charge < -0.3 is 15.8 Å². The van der Waals surface area contributed by atoms with Gasteiger partial charge in [-0.25, -0.2) is 0 Å². The number of rotatable bonds is 4. The van der Waals surface area contributed by atoms with E-state index in [4.69, 9.17) is 22.3 Å². The first-order valence-corrected chi connectivity index (χ1v) is 12.9. The highest BCUT2D eigenvalue weighted by Crippen LogP contribution is 2.28. The fraction of sp³-hybridized carbons (Fsp3) is 0.393. The molecule has 0 saturated carbocycles. The number of amidine groups is 1. The van der Waals surface area contributed by atoms with Crippen molar-refractivity contribution >= 4 is 29.1 Å². The van der Waals surface area contributed by atoms with Gasteiger partial charge in [0.25, 0.3) is 0 Å². The van der Waals surface area contributed by atoms with Gasteiger partial charge in [0.2, 0.25) is 0 Å². The Morgan fingerprint density at radius 1 is 1.08 bits per heavy atom. The van der Waals surface area contributed by atoms with Crippen LogP contribution in [0, 0.1) is 0 Å². The van der Waals surface area contributed by atoms with E-state index in [1.807, 2.05) is 79.5 Å². The molecule has 0 radical (unpaired) electrons. The molecule has 1 aliphatic rings. The topological polar surface area (TPSA) is 89.8 Å². The van der Waals surface area contributed by atoms with E-state index in [1.54, 1.807) is 14.2 Å². The quantitative estimate of drug-likeness (QED) is 0.305. The van der Waals surface area contributed by atoms with Crippen LogP contribution in [0.2, 0.25) is 5.02 Å². The van der Waals surface area contributed by atoms with Crippen molar-refractivity contribution in [1.29, 1.82) is 0 Å². The summed E-state index contributed by atoms with van der Waals surface area (Å²) in [6.45, 7) is 7.70. The number of nitrogens with zero attached hydrogens (tertiary/aromatic N) is 4. The van der Waals surface area contributed by atoms with E-state index in [0.29, 0.717) is 5.96 Å². The largest absolute Gasteiger partial charge is 0.388 e. The molecule has 36 heavy (non-hydrogen) atoms. The number of hydrogen-bond acceptors (Lipinski definition) is 4. The Morgan fingerprint density at radius 2 is 1.75 bits per heavy atom. The summed E-state index contributed by atoms with van der Waals surface area (Å²) in [4.78, 5) is 9.37. The smallest absolute Gasteiger partial charge is 0.199 e. The first-order valence-electron chi connectivity index (χ1n) is 12.5. The molecule has 3 aromatic rings. The van der Waals surface area contributed by atoms with Gasteiger partial charge in [0.15, 0.2) is 5.96 Å². The molecule has 0 amide bonds. The Balaban J connectivity index is 0.000000850. The van der Waals surface area contributed by atoms with Crippen molar-refractivity contribution < 1.29 is 4.74 Å². The van der Waals surface area contributed by atoms with Crippen LogP contribution in [0.15, 0.2) is 70.9 Å². The first kappa shape index (κ1) is 29.1. The molecule has 2 aromatic carbocycles. The fourth-order valence-electron chi connectivity index (χ4n) is 3.75. The van der Waals surface area contributed by atoms with E-state index in [1.165, 1.54) is 5.56 Å². The van der Waals surface area contributed by atoms with Gasteiger partial charge >= 0.3 is 0 Å². The number of nitrogens with one attached hydrogen (secondary N) is 1. The summed E-state index contributed by atoms with van der Waals surface area (Å²) in [5.74, 6) is 1.23. The van der Waals surface area contributed by atoms with Crippen molar-refractivity contribution in [2.24, 2.45) is 15.7 Å². The maximum atomic E-state index is 6.25. The minimum atomic E-state index is 0.123. The lowest BCUT2D eigenvalue weighted by Crippen LogP contribution is -2.25. The molecule has 1 unspecified atom stereocenters. The Morgan fingerprint density at radius 3 is 2.36 bits per heavy atom. The van der Waals surface area contributed by atoms with Crippen molar-refractivity contribution in [3.63, 3.8) is 0 Å². The van der Waals surface area contributed by atoms with E-state index >= 15 is 0 Å². The molecule has 8 heteroatoms. The van der Waals surface area contributed by atoms with Crippen LogP contribution in [0.3, 0.4) is 0 Å². The van der Waals surface area contributed by atoms with E-state index in [0.717, 1.165) is 60.0 Å². The minimum Gasteiger partial charge on any atom is -0.388 e. The number of ether oxygens (including phenoxy) is 1. The average Bonchev–Trinajstić information content (AvgIpc) is 3.27. The number of aromatic nitrogens is 2. The van der Waals surface area contributed by atoms with E-state index in [2.05, 4.69) is 27.1 Å². The average molecular weight is 511 g/mol. The Labute approximate surface area is 220 Å². The molecule has 4 rings (SSSR count). The van der Waals surface area contributed by atoms with Gasteiger partial charge in [0, 0.05) is 55.7 Å². The number of guanidine groups is 1. The Bertz CT molecular complexity index is 1090. The Kier molecular flexibility index (Phi) is 12.7. The summed E-state index contributed by atoms with van der Waals surface area (Å²) in [5.41, 5.74) is 10.5. The third-order valence-corrected chi connectivity index (χ3v) is 5.69. The molecule has 3 N–H and O–H groups in total. The predicted octanol–water partition coefficient (Wildman–Crippen LogP) is 6.61. The highest BCUT2D eigenvalue weighted by atomic mass is 35.5. The van der Waals surface area contributed by atoms with Crippen LogP contribution in [0.1, 0.15) is 51.5 Å². The van der Waals surface area contributed by atoms with Crippen molar-refractivity contribution in [3.8, 4) is 11.1 Å². The highest BCUT2D eigenvalue weighted by molar-refractivity contribution is 6.30. The molecule has 0 saturated heterocycles. The van der Waals surface area contributed by atoms with Crippen LogP contribution in [0.5, 0.6) is 0 Å². The maximum absolute atomic E-state index is 6.25. The van der Waals surface area contributed by atoms with Crippen molar-refractivity contribution in [2.75, 3.05) is 26.1 Å². The molecule has 0 fully saturated rings. The third kappa shape index (κ3) is 8.81. The molecule has 1 aliphatic heterocycles. The lowest BCUT2D eigenvalue weighted by Gasteiger charge is -2.16. The number of aryl methyl sites for hydroxylation is 1. The summed E-state index contributed by atoms with van der Waals surface area (Å²) < 4.78 is 6.16. The number of hydrogen-bond donors (Lipinski definition) is 2. The number of benzene rings is 2. The molecule has 1 atom stereocenters. The van der Waals surface area contributed by atoms with E-state index in [-0.39, 0.29) is 5.92 Å². The summed E-state index contributed by atoms with van der Waals surface area (Å²) in [7, 11) is 3.25. The number of aliphatic imine (C=N–C) groups is 2. The van der Waals surface area contributed by atoms with Crippen LogP contribution in [-0.4, -0.2) is 42.3 Å². The van der Waals surface area contributed by atoms with Gasteiger partial charge in [0.05, 0.1) is 6.20 Å². The van der Waals surface area contributed by atoms with Gasteiger partial charge in [0.1, 0.15) is 5.84 Å². The molecule has 194 valence electrons. The van der Waals surface area contributed by atoms with Crippen LogP contribution >= 0.6 is 11.6 Å². The zero-order valence-corrected chi connectivity index (χ0v) is 22.8. The van der Waals surface area contributed by atoms with Gasteiger partial charge in [-0.1, -0.05) is 56.1 Å². The highest BCUT2D eigenvalue weighted by Gasteiger charge is 2.20. The number of methoxy groups -OCH3 is 1. The second-order valence-electron chi connectivity index (χ2n) is 8.03. The lowest BCUT2D eigenvalue weighted by molar-refractivity contribution is 0.277. The van der Waals surface area contributed by atoms with Gasteiger partial charge in [-0.3, -0.25) is 9.67 Å². The van der Waals surface area contributed by atoms with Crippen molar-refractivity contribution in [2.45, 2.75) is 52.5 Å². The SMILES string of the molecule is CC.CCn1cc(-c2ccc(NC(N)=NC3=NCCCCC3c3ccc(Cl)cc3)cc2)cn1.COC. The summed E-state index contributed by atoms with van der Waals surface area (Å²) in [6.07, 6.45) is 7.09. The van der Waals surface area contributed by atoms with Gasteiger partial charge in [-0.15, -0.1) is 0 Å². The monoisotopic (exact) mass is 510 g/mol. The Hall–Kier alpha value is -3.16. The standard InChI is InChI=1S/C24H27ClN6.C2H6O.C2H6/c1-2-31-16-19(15-28-31)17-8-12-21(13-9-17)29-24(26)30-23-22(5-3-4-14-27-23)18-6-10-20(25)11-7-18;1-3-2;1-2/h6-13,15-16,22H,2-5,14H2,1H3,(H3,26,27,29,30);1-2H3;1-2H3. The first-order chi connectivity index (χ1) is 17.5. The predicted molar refractivity (Wildman–Crippen MR) is 153 cm³/mol. The second kappa shape index (κ2) is 15.8. The number of nitrogens with two attached hydrogens (primary N) is 1. The van der Waals surface area contributed by atoms with Crippen molar-refractivity contribution in [1.82, 2.24) is 9.78 Å². The molecular weight excluding hydrogens is 472 g/mol. The van der Waals surface area contributed by atoms with Crippen molar-refractivity contribution in [3.05, 3.63) is 71.5 Å². The number of halogens is 1. The minimum absolute atomic E-state index is 0.123. The van der Waals surface area contributed by atoms with E-state index < -0.39 is 0 Å². The van der Waals surface area contributed by atoms with Crippen LogP contribution in [0.4, 0.5) is 5.69 Å². The molecule has 2 heterocycles. The zero-order valence-electron chi connectivity index (χ0n) is 22.0.